The minimum absolute atomic E-state index is 0.0300. The van der Waals surface area contributed by atoms with Gasteiger partial charge in [0.2, 0.25) is 0 Å². The van der Waals surface area contributed by atoms with Crippen molar-refractivity contribution in [1.82, 2.24) is 9.55 Å². The topological polar surface area (TPSA) is 72.3 Å². The third kappa shape index (κ3) is 3.31. The Morgan fingerprint density at radius 3 is 2.92 bits per heavy atom. The Morgan fingerprint density at radius 2 is 2.19 bits per heavy atom. The van der Waals surface area contributed by atoms with Crippen LogP contribution in [0.3, 0.4) is 0 Å². The second-order valence-electron chi connectivity index (χ2n) is 6.24. The van der Waals surface area contributed by atoms with Gasteiger partial charge in [-0.25, -0.2) is 4.98 Å². The van der Waals surface area contributed by atoms with Crippen molar-refractivity contribution in [1.29, 1.82) is 5.26 Å². The Balaban J connectivity index is 1.81. The van der Waals surface area contributed by atoms with Crippen molar-refractivity contribution in [2.45, 2.75) is 19.5 Å². The van der Waals surface area contributed by atoms with E-state index in [1.54, 1.807) is 15.9 Å². The molecule has 1 fully saturated rings. The summed E-state index contributed by atoms with van der Waals surface area (Å²) >= 11 is 3.14. The second-order valence-corrected chi connectivity index (χ2v) is 8.04. The number of rotatable bonds is 5. The van der Waals surface area contributed by atoms with Crippen molar-refractivity contribution in [2.24, 2.45) is 0 Å². The number of fused-ring (bicyclic) bond motifs is 1. The van der Waals surface area contributed by atoms with Crippen molar-refractivity contribution in [3.05, 3.63) is 39.1 Å². The number of nitrogens with one attached hydrogen (secondary N) is 1. The first kappa shape index (κ1) is 17.4. The molecule has 0 saturated carbocycles. The monoisotopic (exact) mass is 387 g/mol. The number of thiophene rings is 2. The lowest BCUT2D eigenvalue weighted by atomic mass is 10.2. The molecular formula is C18H19N4O2S2+. The highest BCUT2D eigenvalue weighted by atomic mass is 32.1. The SMILES string of the molecule is N#CCCn1c(C[NH+]2CCOCC2)nc2scc(-c3cccs3)c2c1=O. The van der Waals surface area contributed by atoms with E-state index >= 15 is 0 Å². The van der Waals surface area contributed by atoms with Crippen LogP contribution < -0.4 is 10.5 Å². The lowest BCUT2D eigenvalue weighted by molar-refractivity contribution is -0.922. The van der Waals surface area contributed by atoms with Crippen LogP contribution in [0.5, 0.6) is 0 Å². The highest BCUT2D eigenvalue weighted by molar-refractivity contribution is 7.18. The van der Waals surface area contributed by atoms with Crippen LogP contribution in [-0.4, -0.2) is 35.9 Å². The summed E-state index contributed by atoms with van der Waals surface area (Å²) in [5, 5.41) is 13.7. The fraction of sp³-hybridized carbons (Fsp3) is 0.389. The lowest BCUT2D eigenvalue weighted by Crippen LogP contribution is -3.13. The number of ether oxygens (including phenoxy) is 1. The number of nitrogens with zero attached hydrogens (tertiary/aromatic N) is 3. The van der Waals surface area contributed by atoms with Gasteiger partial charge in [-0.05, 0) is 11.4 Å². The molecule has 0 unspecified atom stereocenters. The van der Waals surface area contributed by atoms with Crippen LogP contribution >= 0.6 is 22.7 Å². The molecule has 0 bridgehead atoms. The van der Waals surface area contributed by atoms with E-state index in [0.29, 0.717) is 24.9 Å². The molecule has 4 rings (SSSR count). The standard InChI is InChI=1S/C18H18N4O2S2/c19-4-2-5-22-15(11-21-6-8-24-9-7-21)20-17-16(18(22)23)13(12-26-17)14-3-1-10-25-14/h1,3,10,12H,2,5-9,11H2/p+1. The lowest BCUT2D eigenvalue weighted by Gasteiger charge is -2.24. The molecule has 6 nitrogen and oxygen atoms in total. The molecule has 0 aromatic carbocycles. The summed E-state index contributed by atoms with van der Waals surface area (Å²) in [7, 11) is 0. The molecule has 1 N–H and O–H groups in total. The number of hydrogen-bond acceptors (Lipinski definition) is 6. The second kappa shape index (κ2) is 7.68. The Morgan fingerprint density at radius 1 is 1.35 bits per heavy atom. The van der Waals surface area contributed by atoms with Crippen molar-refractivity contribution in [3.8, 4) is 16.5 Å². The zero-order chi connectivity index (χ0) is 17.9. The largest absolute Gasteiger partial charge is 0.370 e. The normalized spacial score (nSPS) is 15.3. The van der Waals surface area contributed by atoms with Crippen LogP contribution in [0, 0.1) is 11.3 Å². The van der Waals surface area contributed by atoms with Gasteiger partial charge in [-0.3, -0.25) is 9.36 Å². The van der Waals surface area contributed by atoms with Crippen LogP contribution in [0.25, 0.3) is 20.7 Å². The molecule has 4 heterocycles. The molecule has 3 aromatic rings. The molecule has 1 aliphatic rings. The molecule has 0 atom stereocenters. The van der Waals surface area contributed by atoms with E-state index in [4.69, 9.17) is 15.0 Å². The molecular weight excluding hydrogens is 368 g/mol. The summed E-state index contributed by atoms with van der Waals surface area (Å²) in [5.74, 6) is 0.772. The Bertz CT molecular complexity index is 995. The predicted octanol–water partition coefficient (Wildman–Crippen LogP) is 1.52. The van der Waals surface area contributed by atoms with Crippen molar-refractivity contribution < 1.29 is 9.64 Å². The van der Waals surface area contributed by atoms with Crippen molar-refractivity contribution in [2.75, 3.05) is 26.3 Å². The Kier molecular flexibility index (Phi) is 5.13. The Hall–Kier alpha value is -2.05. The summed E-state index contributed by atoms with van der Waals surface area (Å²) in [5.41, 5.74) is 0.922. The molecule has 0 radical (unpaired) electrons. The molecule has 3 aromatic heterocycles. The third-order valence-corrected chi connectivity index (χ3v) is 6.39. The van der Waals surface area contributed by atoms with Crippen LogP contribution in [0.2, 0.25) is 0 Å². The summed E-state index contributed by atoms with van der Waals surface area (Å²) in [6.07, 6.45) is 0.303. The van der Waals surface area contributed by atoms with Crippen molar-refractivity contribution >= 4 is 32.9 Å². The van der Waals surface area contributed by atoms with E-state index in [-0.39, 0.29) is 5.56 Å². The van der Waals surface area contributed by atoms with Crippen LogP contribution in [0.4, 0.5) is 0 Å². The van der Waals surface area contributed by atoms with Gasteiger partial charge in [-0.1, -0.05) is 6.07 Å². The van der Waals surface area contributed by atoms with Gasteiger partial charge in [0, 0.05) is 22.4 Å². The maximum absolute atomic E-state index is 13.3. The molecule has 0 amide bonds. The number of aromatic nitrogens is 2. The Labute approximate surface area is 158 Å². The molecule has 0 spiro atoms. The average Bonchev–Trinajstić information content (AvgIpc) is 3.31. The van der Waals surface area contributed by atoms with E-state index in [1.165, 1.54) is 16.2 Å². The molecule has 0 aliphatic carbocycles. The van der Waals surface area contributed by atoms with Gasteiger partial charge in [0.1, 0.15) is 24.5 Å². The zero-order valence-corrected chi connectivity index (χ0v) is 15.9. The zero-order valence-electron chi connectivity index (χ0n) is 14.2. The van der Waals surface area contributed by atoms with Gasteiger partial charge < -0.3 is 9.64 Å². The number of morpholine rings is 1. The highest BCUT2D eigenvalue weighted by Crippen LogP contribution is 2.33. The van der Waals surface area contributed by atoms with Gasteiger partial charge in [0.15, 0.2) is 5.82 Å². The fourth-order valence-electron chi connectivity index (χ4n) is 3.27. The van der Waals surface area contributed by atoms with Crippen LogP contribution in [-0.2, 0) is 17.8 Å². The molecule has 1 aliphatic heterocycles. The summed E-state index contributed by atoms with van der Waals surface area (Å²) in [6, 6.07) is 6.16. The maximum atomic E-state index is 13.3. The first-order valence-corrected chi connectivity index (χ1v) is 10.4. The molecule has 8 heteroatoms. The summed E-state index contributed by atoms with van der Waals surface area (Å²) in [6.45, 7) is 4.38. The van der Waals surface area contributed by atoms with Gasteiger partial charge in [0.25, 0.3) is 5.56 Å². The van der Waals surface area contributed by atoms with E-state index < -0.39 is 0 Å². The number of quaternary nitrogens is 1. The first-order valence-electron chi connectivity index (χ1n) is 8.61. The number of nitriles is 1. The van der Waals surface area contributed by atoms with Gasteiger partial charge >= 0.3 is 0 Å². The summed E-state index contributed by atoms with van der Waals surface area (Å²) in [4.78, 5) is 21.3. The quantitative estimate of drug-likeness (QED) is 0.720. The van der Waals surface area contributed by atoms with Gasteiger partial charge in [-0.15, -0.1) is 22.7 Å². The third-order valence-electron chi connectivity index (χ3n) is 4.61. The van der Waals surface area contributed by atoms with E-state index in [2.05, 4.69) is 6.07 Å². The predicted molar refractivity (Wildman–Crippen MR) is 103 cm³/mol. The summed E-state index contributed by atoms with van der Waals surface area (Å²) < 4.78 is 7.13. The van der Waals surface area contributed by atoms with E-state index in [0.717, 1.165) is 47.4 Å². The highest BCUT2D eigenvalue weighted by Gasteiger charge is 2.21. The van der Waals surface area contributed by atoms with E-state index in [9.17, 15) is 4.79 Å². The average molecular weight is 388 g/mol. The van der Waals surface area contributed by atoms with Gasteiger partial charge in [0.05, 0.1) is 31.1 Å². The smallest absolute Gasteiger partial charge is 0.263 e. The first-order chi connectivity index (χ1) is 12.8. The molecule has 1 saturated heterocycles. The molecule has 26 heavy (non-hydrogen) atoms. The minimum Gasteiger partial charge on any atom is -0.370 e. The molecule has 134 valence electrons. The fourth-order valence-corrected chi connectivity index (χ4v) is 5.04. The van der Waals surface area contributed by atoms with Gasteiger partial charge in [-0.2, -0.15) is 5.26 Å². The maximum Gasteiger partial charge on any atom is 0.263 e. The number of hydrogen-bond donors (Lipinski definition) is 1. The van der Waals surface area contributed by atoms with E-state index in [1.807, 2.05) is 22.9 Å². The van der Waals surface area contributed by atoms with Crippen molar-refractivity contribution in [3.63, 3.8) is 0 Å². The van der Waals surface area contributed by atoms with Crippen LogP contribution in [0.1, 0.15) is 12.2 Å². The van der Waals surface area contributed by atoms with Crippen LogP contribution in [0.15, 0.2) is 27.7 Å². The minimum atomic E-state index is -0.0300.